The zero-order valence-corrected chi connectivity index (χ0v) is 15.4. The Morgan fingerprint density at radius 3 is 2.07 bits per heavy atom. The highest BCUT2D eigenvalue weighted by atomic mass is 16.2. The van der Waals surface area contributed by atoms with Crippen LogP contribution in [-0.2, 0) is 17.6 Å². The molecule has 3 heteroatoms. The molecule has 0 aromatic heterocycles. The van der Waals surface area contributed by atoms with Crippen LogP contribution in [0.3, 0.4) is 0 Å². The molecule has 0 unspecified atom stereocenters. The average Bonchev–Trinajstić information content (AvgIpc) is 2.70. The van der Waals surface area contributed by atoms with Crippen molar-refractivity contribution in [2.45, 2.75) is 25.8 Å². The molecule has 136 valence electrons. The third-order valence-corrected chi connectivity index (χ3v) is 4.64. The predicted molar refractivity (Wildman–Crippen MR) is 108 cm³/mol. The van der Waals surface area contributed by atoms with E-state index in [1.54, 1.807) is 12.1 Å². The zero-order valence-electron chi connectivity index (χ0n) is 15.4. The van der Waals surface area contributed by atoms with Gasteiger partial charge in [0, 0.05) is 12.0 Å². The van der Waals surface area contributed by atoms with E-state index in [9.17, 15) is 9.59 Å². The first-order valence-electron chi connectivity index (χ1n) is 9.10. The lowest BCUT2D eigenvalue weighted by atomic mass is 9.95. The molecule has 1 amide bonds. The Bertz CT molecular complexity index is 904. The molecule has 0 heterocycles. The van der Waals surface area contributed by atoms with Gasteiger partial charge in [-0.1, -0.05) is 72.8 Å². The summed E-state index contributed by atoms with van der Waals surface area (Å²) < 4.78 is 0. The Kier molecular flexibility index (Phi) is 6.16. The quantitative estimate of drug-likeness (QED) is 0.690. The highest BCUT2D eigenvalue weighted by Crippen LogP contribution is 2.12. The van der Waals surface area contributed by atoms with Crippen molar-refractivity contribution in [1.82, 2.24) is 5.32 Å². The third kappa shape index (κ3) is 5.14. The molecule has 0 radical (unpaired) electrons. The van der Waals surface area contributed by atoms with Crippen LogP contribution < -0.4 is 5.32 Å². The van der Waals surface area contributed by atoms with Crippen molar-refractivity contribution in [3.8, 4) is 0 Å². The molecule has 3 aromatic carbocycles. The summed E-state index contributed by atoms with van der Waals surface area (Å²) in [5, 5.41) is 2.93. The molecule has 0 fully saturated rings. The summed E-state index contributed by atoms with van der Waals surface area (Å²) in [6.07, 6.45) is 0.781. The molecule has 0 bridgehead atoms. The van der Waals surface area contributed by atoms with Crippen LogP contribution in [0, 0.1) is 6.92 Å². The van der Waals surface area contributed by atoms with Gasteiger partial charge in [0.05, 0.1) is 6.04 Å². The van der Waals surface area contributed by atoms with E-state index in [-0.39, 0.29) is 11.7 Å². The van der Waals surface area contributed by atoms with Crippen LogP contribution in [0.2, 0.25) is 0 Å². The summed E-state index contributed by atoms with van der Waals surface area (Å²) in [6.45, 7) is 2.00. The fourth-order valence-electron chi connectivity index (χ4n) is 3.05. The Labute approximate surface area is 160 Å². The SMILES string of the molecule is Cc1ccccc1CC(=O)[C@H](Cc1ccccc1)NC(=O)c1ccccc1. The summed E-state index contributed by atoms with van der Waals surface area (Å²) in [7, 11) is 0. The number of ketones is 1. The second-order valence-corrected chi connectivity index (χ2v) is 6.65. The van der Waals surface area contributed by atoms with E-state index in [4.69, 9.17) is 0 Å². The number of nitrogens with one attached hydrogen (secondary N) is 1. The van der Waals surface area contributed by atoms with Crippen LogP contribution in [-0.4, -0.2) is 17.7 Å². The minimum absolute atomic E-state index is 0.0115. The number of rotatable bonds is 7. The van der Waals surface area contributed by atoms with Crippen molar-refractivity contribution in [3.63, 3.8) is 0 Å². The number of carbonyl (C=O) groups is 2. The predicted octanol–water partition coefficient (Wildman–Crippen LogP) is 4.15. The Hall–Kier alpha value is -3.20. The van der Waals surface area contributed by atoms with Gasteiger partial charge in [-0.2, -0.15) is 0 Å². The Morgan fingerprint density at radius 1 is 0.815 bits per heavy atom. The molecule has 3 nitrogen and oxygen atoms in total. The van der Waals surface area contributed by atoms with Gasteiger partial charge >= 0.3 is 0 Å². The maximum atomic E-state index is 13.0. The van der Waals surface area contributed by atoms with Crippen LogP contribution in [0.5, 0.6) is 0 Å². The number of hydrogen-bond acceptors (Lipinski definition) is 2. The van der Waals surface area contributed by atoms with Gasteiger partial charge in [-0.05, 0) is 42.2 Å². The van der Waals surface area contributed by atoms with E-state index in [2.05, 4.69) is 5.32 Å². The molecule has 1 atom stereocenters. The topological polar surface area (TPSA) is 46.2 Å². The molecule has 0 aliphatic rings. The van der Waals surface area contributed by atoms with E-state index in [0.717, 1.165) is 16.7 Å². The molecule has 0 aliphatic carbocycles. The molecular formula is C24H23NO2. The van der Waals surface area contributed by atoms with Crippen LogP contribution in [0.4, 0.5) is 0 Å². The van der Waals surface area contributed by atoms with Crippen LogP contribution in [0.15, 0.2) is 84.9 Å². The molecule has 0 saturated heterocycles. The number of benzene rings is 3. The van der Waals surface area contributed by atoms with E-state index >= 15 is 0 Å². The van der Waals surface area contributed by atoms with Crippen molar-refractivity contribution >= 4 is 11.7 Å². The summed E-state index contributed by atoms with van der Waals surface area (Å²) >= 11 is 0. The van der Waals surface area contributed by atoms with Crippen molar-refractivity contribution in [1.29, 1.82) is 0 Å². The fraction of sp³-hybridized carbons (Fsp3) is 0.167. The highest BCUT2D eigenvalue weighted by Gasteiger charge is 2.22. The Balaban J connectivity index is 1.79. The van der Waals surface area contributed by atoms with E-state index in [1.165, 1.54) is 0 Å². The monoisotopic (exact) mass is 357 g/mol. The Morgan fingerprint density at radius 2 is 1.41 bits per heavy atom. The number of aryl methyl sites for hydroxylation is 1. The summed E-state index contributed by atoms with van der Waals surface area (Å²) in [5.41, 5.74) is 3.65. The fourth-order valence-corrected chi connectivity index (χ4v) is 3.05. The molecule has 0 spiro atoms. The lowest BCUT2D eigenvalue weighted by molar-refractivity contribution is -0.120. The third-order valence-electron chi connectivity index (χ3n) is 4.64. The van der Waals surface area contributed by atoms with Gasteiger partial charge < -0.3 is 5.32 Å². The first-order chi connectivity index (χ1) is 13.1. The molecule has 0 saturated carbocycles. The van der Waals surface area contributed by atoms with Crippen LogP contribution >= 0.6 is 0 Å². The van der Waals surface area contributed by atoms with Crippen molar-refractivity contribution in [3.05, 3.63) is 107 Å². The highest BCUT2D eigenvalue weighted by molar-refractivity contribution is 5.98. The van der Waals surface area contributed by atoms with E-state index in [0.29, 0.717) is 18.4 Å². The van der Waals surface area contributed by atoms with Gasteiger partial charge in [0.1, 0.15) is 0 Å². The lowest BCUT2D eigenvalue weighted by Crippen LogP contribution is -2.43. The minimum Gasteiger partial charge on any atom is -0.342 e. The normalized spacial score (nSPS) is 11.6. The van der Waals surface area contributed by atoms with E-state index < -0.39 is 6.04 Å². The second-order valence-electron chi connectivity index (χ2n) is 6.65. The average molecular weight is 357 g/mol. The summed E-state index contributed by atoms with van der Waals surface area (Å²) in [4.78, 5) is 25.6. The molecule has 0 aliphatic heterocycles. The first-order valence-corrected chi connectivity index (χ1v) is 9.10. The van der Waals surface area contributed by atoms with Gasteiger partial charge in [-0.15, -0.1) is 0 Å². The maximum absolute atomic E-state index is 13.0. The van der Waals surface area contributed by atoms with Gasteiger partial charge in [-0.25, -0.2) is 0 Å². The lowest BCUT2D eigenvalue weighted by Gasteiger charge is -2.19. The largest absolute Gasteiger partial charge is 0.342 e. The van der Waals surface area contributed by atoms with Crippen LogP contribution in [0.25, 0.3) is 0 Å². The van der Waals surface area contributed by atoms with Crippen LogP contribution in [0.1, 0.15) is 27.0 Å². The number of amides is 1. The molecular weight excluding hydrogens is 334 g/mol. The second kappa shape index (κ2) is 8.95. The summed E-state index contributed by atoms with van der Waals surface area (Å²) in [6, 6.07) is 26.1. The molecule has 27 heavy (non-hydrogen) atoms. The molecule has 1 N–H and O–H groups in total. The number of Topliss-reactive ketones (excluding diaryl/α,β-unsaturated/α-hetero) is 1. The van der Waals surface area contributed by atoms with Crippen molar-refractivity contribution in [2.24, 2.45) is 0 Å². The van der Waals surface area contributed by atoms with Gasteiger partial charge in [0.15, 0.2) is 5.78 Å². The zero-order chi connectivity index (χ0) is 19.1. The van der Waals surface area contributed by atoms with E-state index in [1.807, 2.05) is 79.7 Å². The first kappa shape index (κ1) is 18.6. The van der Waals surface area contributed by atoms with Gasteiger partial charge in [0.25, 0.3) is 5.91 Å². The maximum Gasteiger partial charge on any atom is 0.251 e. The summed E-state index contributed by atoms with van der Waals surface area (Å²) in [5.74, 6) is -0.216. The van der Waals surface area contributed by atoms with Gasteiger partial charge in [0.2, 0.25) is 0 Å². The van der Waals surface area contributed by atoms with Crippen molar-refractivity contribution < 1.29 is 9.59 Å². The van der Waals surface area contributed by atoms with Gasteiger partial charge in [-0.3, -0.25) is 9.59 Å². The molecule has 3 rings (SSSR count). The smallest absolute Gasteiger partial charge is 0.251 e. The van der Waals surface area contributed by atoms with Crippen molar-refractivity contribution in [2.75, 3.05) is 0 Å². The molecule has 3 aromatic rings. The minimum atomic E-state index is -0.570. The number of carbonyl (C=O) groups excluding carboxylic acids is 2. The standard InChI is InChI=1S/C24H23NO2/c1-18-10-8-9-15-21(18)17-23(26)22(16-19-11-4-2-5-12-19)25-24(27)20-13-6-3-7-14-20/h2-15,22H,16-17H2,1H3,(H,25,27)/t22-/m0/s1. The number of hydrogen-bond donors (Lipinski definition) is 1.